The molecule has 0 aliphatic heterocycles. The molecule has 0 saturated heterocycles. The minimum absolute atomic E-state index is 0.0718. The van der Waals surface area contributed by atoms with Gasteiger partial charge in [-0.05, 0) is 59.0 Å². The zero-order valence-electron chi connectivity index (χ0n) is 9.70. The molecule has 0 atom stereocenters. The molecule has 0 radical (unpaired) electrons. The SMILES string of the molecule is O=S(=O)(Nc1ccc(Cl)cc1I)c1cc(Cl)ccc1Cl. The van der Waals surface area contributed by atoms with E-state index in [2.05, 4.69) is 4.72 Å². The van der Waals surface area contributed by atoms with E-state index < -0.39 is 10.0 Å². The van der Waals surface area contributed by atoms with Gasteiger partial charge in [-0.1, -0.05) is 34.8 Å². The van der Waals surface area contributed by atoms with E-state index in [0.717, 1.165) is 0 Å². The molecule has 0 saturated carbocycles. The molecule has 0 aliphatic carbocycles. The largest absolute Gasteiger partial charge is 0.279 e. The van der Waals surface area contributed by atoms with Gasteiger partial charge < -0.3 is 0 Å². The fraction of sp³-hybridized carbons (Fsp3) is 0. The lowest BCUT2D eigenvalue weighted by molar-refractivity contribution is 0.601. The van der Waals surface area contributed by atoms with Crippen molar-refractivity contribution >= 4 is 73.1 Å². The fourth-order valence-corrected chi connectivity index (χ4v) is 4.49. The molecule has 0 heterocycles. The summed E-state index contributed by atoms with van der Waals surface area (Å²) in [5, 5.41) is 0.921. The van der Waals surface area contributed by atoms with Crippen LogP contribution in [0.1, 0.15) is 0 Å². The maximum absolute atomic E-state index is 12.3. The summed E-state index contributed by atoms with van der Waals surface area (Å²) in [6.07, 6.45) is 0. The fourth-order valence-electron chi connectivity index (χ4n) is 1.46. The van der Waals surface area contributed by atoms with E-state index in [1.165, 1.54) is 18.2 Å². The first-order valence-corrected chi connectivity index (χ1v) is 8.92. The molecule has 0 aromatic heterocycles. The van der Waals surface area contributed by atoms with Crippen molar-refractivity contribution in [3.8, 4) is 0 Å². The summed E-state index contributed by atoms with van der Waals surface area (Å²) in [6, 6.07) is 9.09. The molecule has 2 aromatic carbocycles. The van der Waals surface area contributed by atoms with Crippen LogP contribution in [-0.2, 0) is 10.0 Å². The molecular weight excluding hydrogens is 455 g/mol. The number of rotatable bonds is 3. The number of halogens is 4. The molecule has 2 rings (SSSR count). The van der Waals surface area contributed by atoms with E-state index in [0.29, 0.717) is 19.3 Å². The first-order chi connectivity index (χ1) is 9.29. The second-order valence-electron chi connectivity index (χ2n) is 3.80. The van der Waals surface area contributed by atoms with Gasteiger partial charge in [0.15, 0.2) is 0 Å². The van der Waals surface area contributed by atoms with Gasteiger partial charge in [0.25, 0.3) is 10.0 Å². The first-order valence-electron chi connectivity index (χ1n) is 5.22. The van der Waals surface area contributed by atoms with Gasteiger partial charge >= 0.3 is 0 Å². The van der Waals surface area contributed by atoms with Gasteiger partial charge in [0.2, 0.25) is 0 Å². The van der Waals surface area contributed by atoms with Crippen LogP contribution in [0.15, 0.2) is 41.3 Å². The highest BCUT2D eigenvalue weighted by molar-refractivity contribution is 14.1. The van der Waals surface area contributed by atoms with Gasteiger partial charge in [0.05, 0.1) is 10.7 Å². The van der Waals surface area contributed by atoms with Crippen molar-refractivity contribution < 1.29 is 8.42 Å². The van der Waals surface area contributed by atoms with Crippen molar-refractivity contribution in [2.45, 2.75) is 4.90 Å². The zero-order chi connectivity index (χ0) is 14.9. The van der Waals surface area contributed by atoms with E-state index in [-0.39, 0.29) is 9.92 Å². The Kier molecular flexibility index (Phi) is 5.07. The molecule has 0 amide bonds. The number of nitrogens with one attached hydrogen (secondary N) is 1. The van der Waals surface area contributed by atoms with Crippen LogP contribution in [0, 0.1) is 3.57 Å². The number of hydrogen-bond donors (Lipinski definition) is 1. The molecular formula is C12H7Cl3INO2S. The smallest absolute Gasteiger partial charge is 0.263 e. The quantitative estimate of drug-likeness (QED) is 0.649. The second-order valence-corrected chi connectivity index (χ2v) is 7.90. The van der Waals surface area contributed by atoms with Crippen LogP contribution in [0.25, 0.3) is 0 Å². The predicted molar refractivity (Wildman–Crippen MR) is 91.4 cm³/mol. The summed E-state index contributed by atoms with van der Waals surface area (Å²) in [7, 11) is -3.82. The Morgan fingerprint density at radius 1 is 0.950 bits per heavy atom. The summed E-state index contributed by atoms with van der Waals surface area (Å²) in [5.74, 6) is 0. The van der Waals surface area contributed by atoms with Crippen molar-refractivity contribution in [2.75, 3.05) is 4.72 Å². The van der Waals surface area contributed by atoms with Gasteiger partial charge in [0, 0.05) is 13.6 Å². The van der Waals surface area contributed by atoms with Crippen LogP contribution in [0.5, 0.6) is 0 Å². The third-order valence-corrected chi connectivity index (χ3v) is 5.57. The number of anilines is 1. The summed E-state index contributed by atoms with van der Waals surface area (Å²) in [6.45, 7) is 0. The first kappa shape index (κ1) is 16.2. The Morgan fingerprint density at radius 2 is 1.55 bits per heavy atom. The molecule has 2 aromatic rings. The van der Waals surface area contributed by atoms with E-state index in [9.17, 15) is 8.42 Å². The molecule has 20 heavy (non-hydrogen) atoms. The minimum atomic E-state index is -3.82. The van der Waals surface area contributed by atoms with Crippen molar-refractivity contribution in [1.29, 1.82) is 0 Å². The summed E-state index contributed by atoms with van der Waals surface area (Å²) >= 11 is 19.5. The normalized spacial score (nSPS) is 11.4. The molecule has 8 heteroatoms. The summed E-state index contributed by atoms with van der Waals surface area (Å²) < 4.78 is 27.8. The topological polar surface area (TPSA) is 46.2 Å². The van der Waals surface area contributed by atoms with Crippen molar-refractivity contribution in [2.24, 2.45) is 0 Å². The standard InChI is InChI=1S/C12H7Cl3INO2S/c13-7-2-4-11(10(16)5-7)17-20(18,19)12-6-8(14)1-3-9(12)15/h1-6,17H. The highest BCUT2D eigenvalue weighted by Crippen LogP contribution is 2.29. The van der Waals surface area contributed by atoms with Gasteiger partial charge in [0.1, 0.15) is 4.90 Å². The Hall–Kier alpha value is -0.210. The molecule has 0 aliphatic rings. The van der Waals surface area contributed by atoms with Crippen molar-refractivity contribution in [3.05, 3.63) is 55.0 Å². The molecule has 0 spiro atoms. The van der Waals surface area contributed by atoms with Crippen molar-refractivity contribution in [1.82, 2.24) is 0 Å². The Labute approximate surface area is 145 Å². The molecule has 3 nitrogen and oxygen atoms in total. The monoisotopic (exact) mass is 461 g/mol. The van der Waals surface area contributed by atoms with Crippen molar-refractivity contribution in [3.63, 3.8) is 0 Å². The molecule has 0 fully saturated rings. The van der Waals surface area contributed by atoms with Crippen LogP contribution >= 0.6 is 57.4 Å². The van der Waals surface area contributed by atoms with Crippen LogP contribution in [0.2, 0.25) is 15.1 Å². The van der Waals surface area contributed by atoms with E-state index in [4.69, 9.17) is 34.8 Å². The molecule has 0 bridgehead atoms. The average molecular weight is 463 g/mol. The lowest BCUT2D eigenvalue weighted by Gasteiger charge is -2.11. The lowest BCUT2D eigenvalue weighted by Crippen LogP contribution is -2.14. The highest BCUT2D eigenvalue weighted by Gasteiger charge is 2.19. The maximum atomic E-state index is 12.3. The number of hydrogen-bond acceptors (Lipinski definition) is 2. The third kappa shape index (κ3) is 3.71. The molecule has 0 unspecified atom stereocenters. The van der Waals surface area contributed by atoms with Crippen LogP contribution in [-0.4, -0.2) is 8.42 Å². The van der Waals surface area contributed by atoms with E-state index >= 15 is 0 Å². The van der Waals surface area contributed by atoms with Gasteiger partial charge in [-0.3, -0.25) is 4.72 Å². The lowest BCUT2D eigenvalue weighted by atomic mass is 10.3. The minimum Gasteiger partial charge on any atom is -0.279 e. The Bertz CT molecular complexity index is 765. The van der Waals surface area contributed by atoms with Crippen LogP contribution in [0.4, 0.5) is 5.69 Å². The highest BCUT2D eigenvalue weighted by atomic mass is 127. The number of sulfonamides is 1. The van der Waals surface area contributed by atoms with Gasteiger partial charge in [-0.25, -0.2) is 8.42 Å². The van der Waals surface area contributed by atoms with Crippen LogP contribution < -0.4 is 4.72 Å². The van der Waals surface area contributed by atoms with E-state index in [1.54, 1.807) is 18.2 Å². The second kappa shape index (κ2) is 6.27. The Balaban J connectivity index is 2.43. The van der Waals surface area contributed by atoms with Crippen LogP contribution in [0.3, 0.4) is 0 Å². The van der Waals surface area contributed by atoms with E-state index in [1.807, 2.05) is 22.6 Å². The molecule has 106 valence electrons. The molecule has 1 N–H and O–H groups in total. The predicted octanol–water partition coefficient (Wildman–Crippen LogP) is 5.05. The number of benzene rings is 2. The summed E-state index contributed by atoms with van der Waals surface area (Å²) in [4.78, 5) is -0.0718. The summed E-state index contributed by atoms with van der Waals surface area (Å²) in [5.41, 5.74) is 0.422. The van der Waals surface area contributed by atoms with Gasteiger partial charge in [-0.2, -0.15) is 0 Å². The average Bonchev–Trinajstić information content (AvgIpc) is 2.35. The Morgan fingerprint density at radius 3 is 2.20 bits per heavy atom. The third-order valence-electron chi connectivity index (χ3n) is 2.36. The zero-order valence-corrected chi connectivity index (χ0v) is 14.9. The van der Waals surface area contributed by atoms with Gasteiger partial charge in [-0.15, -0.1) is 0 Å². The maximum Gasteiger partial charge on any atom is 0.263 e.